The standard InChI is InChI=1S/C21H22FNO3S/c22-16-5-1-2-6-19(16)27-14-20(24)23-21(9-3-4-10-21)15-7-8-17-18(13-15)26-12-11-25-17/h1-2,5-8,13H,3-4,9-12,14H2,(H,23,24). The zero-order valence-electron chi connectivity index (χ0n) is 15.0. The van der Waals surface area contributed by atoms with Crippen molar-refractivity contribution in [2.45, 2.75) is 36.1 Å². The van der Waals surface area contributed by atoms with E-state index in [0.717, 1.165) is 42.7 Å². The highest BCUT2D eigenvalue weighted by Crippen LogP contribution is 2.42. The van der Waals surface area contributed by atoms with Gasteiger partial charge < -0.3 is 14.8 Å². The number of carbonyl (C=O) groups is 1. The maximum atomic E-state index is 13.8. The summed E-state index contributed by atoms with van der Waals surface area (Å²) in [5.41, 5.74) is 0.663. The van der Waals surface area contributed by atoms with Crippen molar-refractivity contribution in [1.29, 1.82) is 0 Å². The molecule has 27 heavy (non-hydrogen) atoms. The maximum Gasteiger partial charge on any atom is 0.231 e. The van der Waals surface area contributed by atoms with Gasteiger partial charge in [0.25, 0.3) is 0 Å². The van der Waals surface area contributed by atoms with E-state index in [1.807, 2.05) is 18.2 Å². The number of nitrogens with one attached hydrogen (secondary N) is 1. The number of hydrogen-bond donors (Lipinski definition) is 1. The first kappa shape index (κ1) is 18.2. The molecule has 2 aliphatic rings. The molecule has 0 radical (unpaired) electrons. The van der Waals surface area contributed by atoms with Crippen molar-refractivity contribution >= 4 is 17.7 Å². The first-order valence-corrected chi connectivity index (χ1v) is 10.2. The van der Waals surface area contributed by atoms with Gasteiger partial charge in [-0.15, -0.1) is 11.8 Å². The van der Waals surface area contributed by atoms with Gasteiger partial charge in [0.1, 0.15) is 19.0 Å². The van der Waals surface area contributed by atoms with E-state index in [1.165, 1.54) is 17.8 Å². The van der Waals surface area contributed by atoms with Gasteiger partial charge in [-0.2, -0.15) is 0 Å². The maximum absolute atomic E-state index is 13.8. The minimum absolute atomic E-state index is 0.0833. The summed E-state index contributed by atoms with van der Waals surface area (Å²) in [6.07, 6.45) is 3.91. The molecule has 0 aromatic heterocycles. The number of halogens is 1. The molecule has 1 saturated carbocycles. The topological polar surface area (TPSA) is 47.6 Å². The second-order valence-electron chi connectivity index (χ2n) is 6.91. The average molecular weight is 387 g/mol. The van der Waals surface area contributed by atoms with Crippen LogP contribution in [0.3, 0.4) is 0 Å². The first-order chi connectivity index (χ1) is 13.2. The average Bonchev–Trinajstić information content (AvgIpc) is 3.16. The lowest BCUT2D eigenvalue weighted by molar-refractivity contribution is -0.120. The minimum atomic E-state index is -0.386. The van der Waals surface area contributed by atoms with E-state index in [2.05, 4.69) is 5.32 Å². The summed E-state index contributed by atoms with van der Waals surface area (Å²) in [5.74, 6) is 1.30. The number of carbonyl (C=O) groups excluding carboxylic acids is 1. The van der Waals surface area contributed by atoms with Crippen molar-refractivity contribution in [3.63, 3.8) is 0 Å². The summed E-state index contributed by atoms with van der Waals surface area (Å²) in [4.78, 5) is 13.1. The molecule has 142 valence electrons. The molecule has 4 nitrogen and oxygen atoms in total. The van der Waals surface area contributed by atoms with Crippen molar-refractivity contribution in [3.8, 4) is 11.5 Å². The molecule has 0 spiro atoms. The fourth-order valence-electron chi connectivity index (χ4n) is 3.81. The summed E-state index contributed by atoms with van der Waals surface area (Å²) < 4.78 is 25.1. The highest BCUT2D eigenvalue weighted by Gasteiger charge is 2.37. The van der Waals surface area contributed by atoms with Crippen LogP contribution in [-0.4, -0.2) is 24.9 Å². The molecule has 0 bridgehead atoms. The Morgan fingerprint density at radius 1 is 1.07 bits per heavy atom. The number of fused-ring (bicyclic) bond motifs is 1. The summed E-state index contributed by atoms with van der Waals surface area (Å²) in [6.45, 7) is 1.09. The Labute approximate surface area is 162 Å². The van der Waals surface area contributed by atoms with Crippen LogP contribution in [0.25, 0.3) is 0 Å². The van der Waals surface area contributed by atoms with Crippen LogP contribution >= 0.6 is 11.8 Å². The molecule has 1 fully saturated rings. The predicted molar refractivity (Wildman–Crippen MR) is 103 cm³/mol. The number of ether oxygens (including phenoxy) is 2. The highest BCUT2D eigenvalue weighted by atomic mass is 32.2. The Morgan fingerprint density at radius 2 is 1.81 bits per heavy atom. The lowest BCUT2D eigenvalue weighted by atomic mass is 9.87. The van der Waals surface area contributed by atoms with Crippen LogP contribution in [0.1, 0.15) is 31.2 Å². The van der Waals surface area contributed by atoms with Crippen molar-refractivity contribution < 1.29 is 18.7 Å². The number of benzene rings is 2. The Bertz CT molecular complexity index is 836. The second-order valence-corrected chi connectivity index (χ2v) is 7.93. The van der Waals surface area contributed by atoms with E-state index in [1.54, 1.807) is 18.2 Å². The lowest BCUT2D eigenvalue weighted by Gasteiger charge is -2.32. The fourth-order valence-corrected chi connectivity index (χ4v) is 4.55. The van der Waals surface area contributed by atoms with E-state index in [0.29, 0.717) is 18.1 Å². The molecule has 1 N–H and O–H groups in total. The van der Waals surface area contributed by atoms with Gasteiger partial charge in [-0.1, -0.05) is 31.0 Å². The quantitative estimate of drug-likeness (QED) is 0.778. The van der Waals surface area contributed by atoms with E-state index in [-0.39, 0.29) is 23.0 Å². The normalized spacial score (nSPS) is 17.5. The Kier molecular flexibility index (Phi) is 5.25. The smallest absolute Gasteiger partial charge is 0.231 e. The van der Waals surface area contributed by atoms with Gasteiger partial charge in [0.05, 0.1) is 11.3 Å². The molecule has 6 heteroatoms. The number of rotatable bonds is 5. The van der Waals surface area contributed by atoms with E-state index >= 15 is 0 Å². The lowest BCUT2D eigenvalue weighted by Crippen LogP contribution is -2.44. The van der Waals surface area contributed by atoms with Crippen molar-refractivity contribution in [2.75, 3.05) is 19.0 Å². The molecule has 4 rings (SSSR count). The zero-order valence-corrected chi connectivity index (χ0v) is 15.8. The van der Waals surface area contributed by atoms with Crippen molar-refractivity contribution in [2.24, 2.45) is 0 Å². The predicted octanol–water partition coefficient (Wildman–Crippen LogP) is 4.27. The molecule has 2 aromatic carbocycles. The number of amides is 1. The largest absolute Gasteiger partial charge is 0.486 e. The number of thioether (sulfide) groups is 1. The number of hydrogen-bond acceptors (Lipinski definition) is 4. The Hall–Kier alpha value is -2.21. The summed E-state index contributed by atoms with van der Waals surface area (Å²) in [7, 11) is 0. The SMILES string of the molecule is O=C(CSc1ccccc1F)NC1(c2ccc3c(c2)OCCO3)CCCC1. The van der Waals surface area contributed by atoms with Crippen LogP contribution in [0.15, 0.2) is 47.4 Å². The molecule has 0 atom stereocenters. The van der Waals surface area contributed by atoms with Gasteiger partial charge in [-0.05, 0) is 42.7 Å². The minimum Gasteiger partial charge on any atom is -0.486 e. The van der Waals surface area contributed by atoms with Crippen molar-refractivity contribution in [1.82, 2.24) is 5.32 Å². The molecule has 0 saturated heterocycles. The third kappa shape index (κ3) is 3.90. The van der Waals surface area contributed by atoms with Gasteiger partial charge in [-0.3, -0.25) is 4.79 Å². The molecule has 1 amide bonds. The highest BCUT2D eigenvalue weighted by molar-refractivity contribution is 8.00. The second kappa shape index (κ2) is 7.80. The van der Waals surface area contributed by atoms with Crippen LogP contribution in [0, 0.1) is 5.82 Å². The Balaban J connectivity index is 1.49. The van der Waals surface area contributed by atoms with E-state index in [4.69, 9.17) is 9.47 Å². The third-order valence-corrected chi connectivity index (χ3v) is 6.17. The van der Waals surface area contributed by atoms with Gasteiger partial charge in [-0.25, -0.2) is 4.39 Å². The van der Waals surface area contributed by atoms with Crippen molar-refractivity contribution in [3.05, 3.63) is 53.8 Å². The van der Waals surface area contributed by atoms with E-state index in [9.17, 15) is 9.18 Å². The summed E-state index contributed by atoms with van der Waals surface area (Å²) >= 11 is 1.22. The molecular formula is C21H22FNO3S. The van der Waals surface area contributed by atoms with Crippen LogP contribution in [0.4, 0.5) is 4.39 Å². The van der Waals surface area contributed by atoms with E-state index < -0.39 is 0 Å². The summed E-state index contributed by atoms with van der Waals surface area (Å²) in [6, 6.07) is 12.5. The molecule has 2 aromatic rings. The van der Waals surface area contributed by atoms with Gasteiger partial charge in [0, 0.05) is 4.90 Å². The zero-order chi connectivity index (χ0) is 18.7. The van der Waals surface area contributed by atoms with Crippen LogP contribution in [-0.2, 0) is 10.3 Å². The third-order valence-electron chi connectivity index (χ3n) is 5.13. The Morgan fingerprint density at radius 3 is 2.59 bits per heavy atom. The monoisotopic (exact) mass is 387 g/mol. The van der Waals surface area contributed by atoms with Crippen LogP contribution < -0.4 is 14.8 Å². The first-order valence-electron chi connectivity index (χ1n) is 9.25. The van der Waals surface area contributed by atoms with Gasteiger partial charge in [0.15, 0.2) is 11.5 Å². The van der Waals surface area contributed by atoms with Gasteiger partial charge >= 0.3 is 0 Å². The van der Waals surface area contributed by atoms with Crippen LogP contribution in [0.2, 0.25) is 0 Å². The fraction of sp³-hybridized carbons (Fsp3) is 0.381. The molecule has 1 heterocycles. The molecule has 1 aliphatic heterocycles. The molecule has 1 aliphatic carbocycles. The summed E-state index contributed by atoms with van der Waals surface area (Å²) in [5, 5.41) is 3.23. The van der Waals surface area contributed by atoms with Crippen LogP contribution in [0.5, 0.6) is 11.5 Å². The van der Waals surface area contributed by atoms with Gasteiger partial charge in [0.2, 0.25) is 5.91 Å². The molecular weight excluding hydrogens is 365 g/mol. The molecule has 0 unspecified atom stereocenters.